The van der Waals surface area contributed by atoms with Gasteiger partial charge in [-0.15, -0.1) is 0 Å². The van der Waals surface area contributed by atoms with E-state index in [1.165, 1.54) is 0 Å². The van der Waals surface area contributed by atoms with Crippen LogP contribution in [0.25, 0.3) is 0 Å². The molecule has 2 heterocycles. The van der Waals surface area contributed by atoms with Crippen molar-refractivity contribution in [1.82, 2.24) is 9.88 Å². The zero-order valence-corrected chi connectivity index (χ0v) is 10.7. The number of nitrogens with zero attached hydrogens (tertiary/aromatic N) is 2. The van der Waals surface area contributed by atoms with E-state index in [0.29, 0.717) is 12.2 Å². The standard InChI is InChI=1S/C14H17N3O2/c18-10-4-1-5-12-6-7-15-13(11-12)16-14(19)17-8-2-3-9-17/h6-7,11,18H,2-4,8-10H2,(H,15,16,19). The van der Waals surface area contributed by atoms with Gasteiger partial charge in [0.05, 0.1) is 6.61 Å². The minimum absolute atomic E-state index is 0.0522. The van der Waals surface area contributed by atoms with Crippen molar-refractivity contribution in [3.8, 4) is 11.8 Å². The Hall–Kier alpha value is -2.06. The lowest BCUT2D eigenvalue weighted by atomic mass is 10.2. The summed E-state index contributed by atoms with van der Waals surface area (Å²) in [6, 6.07) is 3.40. The fourth-order valence-electron chi connectivity index (χ4n) is 1.91. The number of hydrogen-bond acceptors (Lipinski definition) is 3. The summed E-state index contributed by atoms with van der Waals surface area (Å²) in [7, 11) is 0. The molecule has 1 aromatic heterocycles. The second kappa shape index (κ2) is 6.76. The van der Waals surface area contributed by atoms with Crippen molar-refractivity contribution in [2.24, 2.45) is 0 Å². The van der Waals surface area contributed by atoms with Crippen LogP contribution in [-0.2, 0) is 0 Å². The summed E-state index contributed by atoms with van der Waals surface area (Å²) in [5, 5.41) is 11.4. The lowest BCUT2D eigenvalue weighted by molar-refractivity contribution is 0.222. The summed E-state index contributed by atoms with van der Waals surface area (Å²) >= 11 is 0. The average Bonchev–Trinajstić information content (AvgIpc) is 2.93. The predicted molar refractivity (Wildman–Crippen MR) is 72.6 cm³/mol. The zero-order valence-electron chi connectivity index (χ0n) is 10.7. The van der Waals surface area contributed by atoms with E-state index in [1.807, 2.05) is 0 Å². The van der Waals surface area contributed by atoms with Gasteiger partial charge in [-0.25, -0.2) is 9.78 Å². The van der Waals surface area contributed by atoms with Crippen LogP contribution in [0.1, 0.15) is 24.8 Å². The molecule has 1 fully saturated rings. The SMILES string of the molecule is O=C(Nc1cc(C#CCCO)ccn1)N1CCCC1. The van der Waals surface area contributed by atoms with Crippen LogP contribution in [-0.4, -0.2) is 40.7 Å². The Balaban J connectivity index is 1.98. The first kappa shape index (κ1) is 13.4. The van der Waals surface area contributed by atoms with Gasteiger partial charge in [0.1, 0.15) is 5.82 Å². The quantitative estimate of drug-likeness (QED) is 0.790. The fourth-order valence-corrected chi connectivity index (χ4v) is 1.91. The molecule has 0 bridgehead atoms. The Morgan fingerprint density at radius 1 is 1.47 bits per heavy atom. The van der Waals surface area contributed by atoms with E-state index in [2.05, 4.69) is 22.1 Å². The van der Waals surface area contributed by atoms with Crippen molar-refractivity contribution in [3.63, 3.8) is 0 Å². The first-order chi connectivity index (χ1) is 9.29. The molecule has 19 heavy (non-hydrogen) atoms. The molecule has 100 valence electrons. The summed E-state index contributed by atoms with van der Waals surface area (Å²) in [6.45, 7) is 1.67. The van der Waals surface area contributed by atoms with E-state index >= 15 is 0 Å². The number of anilines is 1. The zero-order chi connectivity index (χ0) is 13.5. The van der Waals surface area contributed by atoms with E-state index in [4.69, 9.17) is 5.11 Å². The smallest absolute Gasteiger partial charge is 0.323 e. The minimum Gasteiger partial charge on any atom is -0.395 e. The van der Waals surface area contributed by atoms with Gasteiger partial charge in [-0.3, -0.25) is 5.32 Å². The number of likely N-dealkylation sites (tertiary alicyclic amines) is 1. The molecule has 0 atom stereocenters. The van der Waals surface area contributed by atoms with Gasteiger partial charge in [0.15, 0.2) is 0 Å². The summed E-state index contributed by atoms with van der Waals surface area (Å²) in [6.07, 6.45) is 4.18. The van der Waals surface area contributed by atoms with Crippen molar-refractivity contribution in [2.75, 3.05) is 25.0 Å². The van der Waals surface area contributed by atoms with Crippen LogP contribution in [0.3, 0.4) is 0 Å². The van der Waals surface area contributed by atoms with Crippen LogP contribution < -0.4 is 5.32 Å². The van der Waals surface area contributed by atoms with Crippen LogP contribution >= 0.6 is 0 Å². The maximum absolute atomic E-state index is 11.9. The molecule has 0 radical (unpaired) electrons. The first-order valence-corrected chi connectivity index (χ1v) is 6.41. The van der Waals surface area contributed by atoms with Crippen LogP contribution in [0, 0.1) is 11.8 Å². The topological polar surface area (TPSA) is 65.5 Å². The van der Waals surface area contributed by atoms with Crippen LogP contribution in [0.2, 0.25) is 0 Å². The molecule has 0 saturated carbocycles. The number of rotatable bonds is 2. The van der Waals surface area contributed by atoms with E-state index in [1.54, 1.807) is 23.2 Å². The second-order valence-corrected chi connectivity index (χ2v) is 4.33. The van der Waals surface area contributed by atoms with E-state index in [9.17, 15) is 4.79 Å². The molecule has 0 unspecified atom stereocenters. The molecule has 1 aliphatic heterocycles. The number of aliphatic hydroxyl groups excluding tert-OH is 1. The van der Waals surface area contributed by atoms with Gasteiger partial charge in [-0.1, -0.05) is 11.8 Å². The Bertz CT molecular complexity index is 499. The number of nitrogens with one attached hydrogen (secondary N) is 1. The third-order valence-electron chi connectivity index (χ3n) is 2.86. The molecular formula is C14H17N3O2. The molecule has 0 spiro atoms. The largest absolute Gasteiger partial charge is 0.395 e. The molecular weight excluding hydrogens is 242 g/mol. The van der Waals surface area contributed by atoms with Crippen LogP contribution in [0.5, 0.6) is 0 Å². The fraction of sp³-hybridized carbons (Fsp3) is 0.429. The molecule has 2 amide bonds. The summed E-state index contributed by atoms with van der Waals surface area (Å²) < 4.78 is 0. The van der Waals surface area contributed by atoms with E-state index < -0.39 is 0 Å². The molecule has 2 N–H and O–H groups in total. The van der Waals surface area contributed by atoms with Crippen molar-refractivity contribution in [1.29, 1.82) is 0 Å². The molecule has 5 nitrogen and oxygen atoms in total. The molecule has 0 aliphatic carbocycles. The number of aliphatic hydroxyl groups is 1. The predicted octanol–water partition coefficient (Wildman–Crippen LogP) is 1.44. The molecule has 5 heteroatoms. The van der Waals surface area contributed by atoms with Crippen molar-refractivity contribution in [2.45, 2.75) is 19.3 Å². The van der Waals surface area contributed by atoms with Crippen molar-refractivity contribution < 1.29 is 9.90 Å². The highest BCUT2D eigenvalue weighted by molar-refractivity contribution is 5.88. The highest BCUT2D eigenvalue weighted by Gasteiger charge is 2.17. The van der Waals surface area contributed by atoms with Gasteiger partial charge in [0.25, 0.3) is 0 Å². The summed E-state index contributed by atoms with van der Waals surface area (Å²) in [4.78, 5) is 17.8. The number of urea groups is 1. The van der Waals surface area contributed by atoms with Crippen molar-refractivity contribution >= 4 is 11.8 Å². The lowest BCUT2D eigenvalue weighted by Crippen LogP contribution is -2.32. The number of carbonyl (C=O) groups is 1. The number of carbonyl (C=O) groups excluding carboxylic acids is 1. The summed E-state index contributed by atoms with van der Waals surface area (Å²) in [5.74, 6) is 6.26. The molecule has 1 saturated heterocycles. The normalized spacial score (nSPS) is 13.8. The number of pyridine rings is 1. The van der Waals surface area contributed by atoms with Gasteiger partial charge < -0.3 is 10.0 Å². The Morgan fingerprint density at radius 2 is 2.26 bits per heavy atom. The van der Waals surface area contributed by atoms with Crippen LogP contribution in [0.15, 0.2) is 18.3 Å². The van der Waals surface area contributed by atoms with E-state index in [0.717, 1.165) is 31.5 Å². The first-order valence-electron chi connectivity index (χ1n) is 6.41. The number of amides is 2. The lowest BCUT2D eigenvalue weighted by Gasteiger charge is -2.15. The summed E-state index contributed by atoms with van der Waals surface area (Å²) in [5.41, 5.74) is 0.778. The second-order valence-electron chi connectivity index (χ2n) is 4.33. The number of aromatic nitrogens is 1. The third-order valence-corrected chi connectivity index (χ3v) is 2.86. The molecule has 2 rings (SSSR count). The molecule has 1 aromatic rings. The van der Waals surface area contributed by atoms with Gasteiger partial charge in [0, 0.05) is 31.3 Å². The van der Waals surface area contributed by atoms with Crippen LogP contribution in [0.4, 0.5) is 10.6 Å². The maximum atomic E-state index is 11.9. The van der Waals surface area contributed by atoms with Gasteiger partial charge in [0.2, 0.25) is 0 Å². The number of hydrogen-bond donors (Lipinski definition) is 2. The van der Waals surface area contributed by atoms with Gasteiger partial charge in [-0.05, 0) is 25.0 Å². The Kier molecular flexibility index (Phi) is 4.76. The van der Waals surface area contributed by atoms with Gasteiger partial charge in [-0.2, -0.15) is 0 Å². The highest BCUT2D eigenvalue weighted by Crippen LogP contribution is 2.11. The van der Waals surface area contributed by atoms with E-state index in [-0.39, 0.29) is 12.6 Å². The average molecular weight is 259 g/mol. The van der Waals surface area contributed by atoms with Crippen molar-refractivity contribution in [3.05, 3.63) is 23.9 Å². The Morgan fingerprint density at radius 3 is 3.00 bits per heavy atom. The Labute approximate surface area is 112 Å². The molecule has 0 aromatic carbocycles. The third kappa shape index (κ3) is 3.97. The maximum Gasteiger partial charge on any atom is 0.323 e. The van der Waals surface area contributed by atoms with Gasteiger partial charge >= 0.3 is 6.03 Å². The highest BCUT2D eigenvalue weighted by atomic mass is 16.2. The monoisotopic (exact) mass is 259 g/mol. The minimum atomic E-state index is -0.106. The molecule has 1 aliphatic rings.